The number of nitrogens with two attached hydrogens (primary N) is 1. The van der Waals surface area contributed by atoms with E-state index in [2.05, 4.69) is 16.8 Å². The summed E-state index contributed by atoms with van der Waals surface area (Å²) in [7, 11) is 0. The first kappa shape index (κ1) is 12.8. The first-order valence-corrected chi connectivity index (χ1v) is 6.17. The minimum absolute atomic E-state index is 0.0273. The van der Waals surface area contributed by atoms with Crippen LogP contribution < -0.4 is 10.6 Å². The molecule has 1 aromatic heterocycles. The lowest BCUT2D eigenvalue weighted by atomic mass is 9.87. The van der Waals surface area contributed by atoms with E-state index in [0.717, 1.165) is 25.3 Å². The van der Waals surface area contributed by atoms with Crippen molar-refractivity contribution in [2.45, 2.75) is 13.3 Å². The molecule has 0 saturated carbocycles. The van der Waals surface area contributed by atoms with E-state index in [1.54, 1.807) is 6.07 Å². The Hall–Kier alpha value is -1.69. The Labute approximate surface area is 106 Å². The fourth-order valence-electron chi connectivity index (χ4n) is 2.34. The van der Waals surface area contributed by atoms with Gasteiger partial charge in [-0.3, -0.25) is 10.1 Å². The van der Waals surface area contributed by atoms with E-state index >= 15 is 0 Å². The van der Waals surface area contributed by atoms with Crippen LogP contribution in [-0.4, -0.2) is 29.5 Å². The third kappa shape index (κ3) is 2.59. The number of piperidine rings is 1. The Kier molecular flexibility index (Phi) is 3.76. The molecule has 0 aromatic carbocycles. The van der Waals surface area contributed by atoms with Gasteiger partial charge in [0.05, 0.1) is 4.92 Å². The topological polar surface area (TPSA) is 85.3 Å². The number of nitro groups is 1. The molecule has 2 heterocycles. The SMILES string of the molecule is CC1CCN(c2ccc([N+](=O)[O-])cn2)CC1CN. The molecule has 1 fully saturated rings. The first-order chi connectivity index (χ1) is 8.61. The lowest BCUT2D eigenvalue weighted by molar-refractivity contribution is -0.385. The number of hydrogen-bond acceptors (Lipinski definition) is 5. The molecule has 1 aliphatic rings. The fourth-order valence-corrected chi connectivity index (χ4v) is 2.34. The van der Waals surface area contributed by atoms with Crippen molar-refractivity contribution >= 4 is 11.5 Å². The number of aromatic nitrogens is 1. The summed E-state index contributed by atoms with van der Waals surface area (Å²) in [5.41, 5.74) is 5.79. The molecule has 0 bridgehead atoms. The van der Waals surface area contributed by atoms with Crippen molar-refractivity contribution in [2.24, 2.45) is 17.6 Å². The highest BCUT2D eigenvalue weighted by molar-refractivity contribution is 5.43. The van der Waals surface area contributed by atoms with Crippen LogP contribution in [-0.2, 0) is 0 Å². The average molecular weight is 250 g/mol. The zero-order chi connectivity index (χ0) is 13.1. The molecular weight excluding hydrogens is 232 g/mol. The molecule has 0 amide bonds. The summed E-state index contributed by atoms with van der Waals surface area (Å²) in [5.74, 6) is 1.89. The zero-order valence-electron chi connectivity index (χ0n) is 10.5. The smallest absolute Gasteiger partial charge is 0.287 e. The van der Waals surface area contributed by atoms with Crippen molar-refractivity contribution < 1.29 is 4.92 Å². The van der Waals surface area contributed by atoms with Gasteiger partial charge in [-0.2, -0.15) is 0 Å². The van der Waals surface area contributed by atoms with Crippen LogP contribution in [0.3, 0.4) is 0 Å². The van der Waals surface area contributed by atoms with Crippen molar-refractivity contribution in [1.29, 1.82) is 0 Å². The molecule has 1 saturated heterocycles. The molecule has 0 spiro atoms. The van der Waals surface area contributed by atoms with Gasteiger partial charge in [-0.05, 0) is 30.9 Å². The molecule has 1 aromatic rings. The van der Waals surface area contributed by atoms with Gasteiger partial charge < -0.3 is 10.6 Å². The van der Waals surface area contributed by atoms with Crippen molar-refractivity contribution in [2.75, 3.05) is 24.5 Å². The van der Waals surface area contributed by atoms with Crippen LogP contribution in [0.1, 0.15) is 13.3 Å². The summed E-state index contributed by atoms with van der Waals surface area (Å²) in [5, 5.41) is 10.6. The molecule has 0 radical (unpaired) electrons. The molecule has 2 N–H and O–H groups in total. The molecule has 2 atom stereocenters. The lowest BCUT2D eigenvalue weighted by Crippen LogP contribution is -2.43. The van der Waals surface area contributed by atoms with Crippen LogP contribution in [0.4, 0.5) is 11.5 Å². The highest BCUT2D eigenvalue weighted by atomic mass is 16.6. The normalized spacial score (nSPS) is 24.0. The van der Waals surface area contributed by atoms with Gasteiger partial charge in [-0.25, -0.2) is 4.98 Å². The van der Waals surface area contributed by atoms with Crippen molar-refractivity contribution in [1.82, 2.24) is 4.98 Å². The molecule has 6 heteroatoms. The highest BCUT2D eigenvalue weighted by Crippen LogP contribution is 2.26. The molecule has 18 heavy (non-hydrogen) atoms. The van der Waals surface area contributed by atoms with Gasteiger partial charge in [0.2, 0.25) is 0 Å². The lowest BCUT2D eigenvalue weighted by Gasteiger charge is -2.37. The standard InChI is InChI=1S/C12H18N4O2/c1-9-4-5-15(8-10(9)6-13)12-3-2-11(7-14-12)16(17)18/h2-3,7,9-10H,4-6,8,13H2,1H3. The Balaban J connectivity index is 2.09. The second-order valence-corrected chi connectivity index (χ2v) is 4.84. The summed E-state index contributed by atoms with van der Waals surface area (Å²) < 4.78 is 0. The van der Waals surface area contributed by atoms with Crippen molar-refractivity contribution in [3.8, 4) is 0 Å². The van der Waals surface area contributed by atoms with Gasteiger partial charge >= 0.3 is 0 Å². The summed E-state index contributed by atoms with van der Waals surface area (Å²) in [6, 6.07) is 3.21. The Morgan fingerprint density at radius 1 is 1.61 bits per heavy atom. The van der Waals surface area contributed by atoms with Crippen LogP contribution >= 0.6 is 0 Å². The Morgan fingerprint density at radius 3 is 2.94 bits per heavy atom. The van der Waals surface area contributed by atoms with Crippen LogP contribution in [0.25, 0.3) is 0 Å². The van der Waals surface area contributed by atoms with Crippen molar-refractivity contribution in [3.63, 3.8) is 0 Å². The maximum absolute atomic E-state index is 10.6. The predicted octanol–water partition coefficient (Wildman–Crippen LogP) is 1.41. The quantitative estimate of drug-likeness (QED) is 0.647. The van der Waals surface area contributed by atoms with Gasteiger partial charge in [0.15, 0.2) is 0 Å². The second-order valence-electron chi connectivity index (χ2n) is 4.84. The van der Waals surface area contributed by atoms with Gasteiger partial charge in [0.25, 0.3) is 5.69 Å². The number of pyridine rings is 1. The molecule has 0 aliphatic carbocycles. The molecule has 2 unspecified atom stereocenters. The number of anilines is 1. The predicted molar refractivity (Wildman–Crippen MR) is 69.4 cm³/mol. The molecular formula is C12H18N4O2. The summed E-state index contributed by atoms with van der Waals surface area (Å²) in [6.07, 6.45) is 2.39. The fraction of sp³-hybridized carbons (Fsp3) is 0.583. The molecule has 1 aliphatic heterocycles. The highest BCUT2D eigenvalue weighted by Gasteiger charge is 2.25. The van der Waals surface area contributed by atoms with Crippen LogP contribution in [0.5, 0.6) is 0 Å². The first-order valence-electron chi connectivity index (χ1n) is 6.17. The third-order valence-corrected chi connectivity index (χ3v) is 3.68. The molecule has 2 rings (SSSR count). The monoisotopic (exact) mass is 250 g/mol. The largest absolute Gasteiger partial charge is 0.356 e. The Morgan fingerprint density at radius 2 is 2.39 bits per heavy atom. The van der Waals surface area contributed by atoms with E-state index < -0.39 is 4.92 Å². The van der Waals surface area contributed by atoms with Crippen molar-refractivity contribution in [3.05, 3.63) is 28.4 Å². The molecule has 6 nitrogen and oxygen atoms in total. The van der Waals surface area contributed by atoms with Gasteiger partial charge in [-0.15, -0.1) is 0 Å². The van der Waals surface area contributed by atoms with Gasteiger partial charge in [-0.1, -0.05) is 6.92 Å². The van der Waals surface area contributed by atoms with Crippen LogP contribution in [0.2, 0.25) is 0 Å². The summed E-state index contributed by atoms with van der Waals surface area (Å²) >= 11 is 0. The number of hydrogen-bond donors (Lipinski definition) is 1. The van der Waals surface area contributed by atoms with E-state index in [4.69, 9.17) is 5.73 Å². The zero-order valence-corrected chi connectivity index (χ0v) is 10.5. The van der Waals surface area contributed by atoms with Gasteiger partial charge in [0, 0.05) is 19.2 Å². The minimum atomic E-state index is -0.433. The third-order valence-electron chi connectivity index (χ3n) is 3.68. The Bertz CT molecular complexity index is 421. The maximum atomic E-state index is 10.6. The van der Waals surface area contributed by atoms with E-state index in [9.17, 15) is 10.1 Å². The van der Waals surface area contributed by atoms with Gasteiger partial charge in [0.1, 0.15) is 12.0 Å². The van der Waals surface area contributed by atoms with Crippen LogP contribution in [0, 0.1) is 22.0 Å². The van der Waals surface area contributed by atoms with E-state index in [0.29, 0.717) is 18.4 Å². The number of rotatable bonds is 3. The summed E-state index contributed by atoms with van der Waals surface area (Å²) in [6.45, 7) is 4.70. The number of nitrogens with zero attached hydrogens (tertiary/aromatic N) is 3. The van der Waals surface area contributed by atoms with E-state index in [1.165, 1.54) is 12.3 Å². The molecule has 98 valence electrons. The minimum Gasteiger partial charge on any atom is -0.356 e. The average Bonchev–Trinajstić information content (AvgIpc) is 2.39. The second kappa shape index (κ2) is 5.30. The van der Waals surface area contributed by atoms with E-state index in [-0.39, 0.29) is 5.69 Å². The van der Waals surface area contributed by atoms with Crippen LogP contribution in [0.15, 0.2) is 18.3 Å². The van der Waals surface area contributed by atoms with E-state index in [1.807, 2.05) is 0 Å². The summed E-state index contributed by atoms with van der Waals surface area (Å²) in [4.78, 5) is 16.4. The maximum Gasteiger partial charge on any atom is 0.287 e.